The molecule has 2 atom stereocenters. The molecule has 1 aliphatic rings. The van der Waals surface area contributed by atoms with Gasteiger partial charge in [-0.1, -0.05) is 24.3 Å². The van der Waals surface area contributed by atoms with E-state index in [2.05, 4.69) is 15.3 Å². The molecule has 2 unspecified atom stereocenters. The molecular formula is C14H15N3O2. The Bertz CT molecular complexity index is 588. The van der Waals surface area contributed by atoms with Crippen molar-refractivity contribution in [1.82, 2.24) is 9.97 Å². The SMILES string of the molecule is COc1cncc(NC2c3ccccc3CC2O)n1. The molecular weight excluding hydrogens is 242 g/mol. The van der Waals surface area contributed by atoms with Crippen LogP contribution in [0.5, 0.6) is 5.88 Å². The second-order valence-corrected chi connectivity index (χ2v) is 4.54. The highest BCUT2D eigenvalue weighted by Gasteiger charge is 2.30. The molecule has 3 rings (SSSR count). The number of benzene rings is 1. The second-order valence-electron chi connectivity index (χ2n) is 4.54. The molecule has 5 nitrogen and oxygen atoms in total. The zero-order valence-electron chi connectivity index (χ0n) is 10.6. The van der Waals surface area contributed by atoms with Crippen molar-refractivity contribution in [2.75, 3.05) is 12.4 Å². The number of nitrogens with one attached hydrogen (secondary N) is 1. The van der Waals surface area contributed by atoms with Crippen LogP contribution in [0.4, 0.5) is 5.82 Å². The largest absolute Gasteiger partial charge is 0.480 e. The van der Waals surface area contributed by atoms with E-state index in [1.807, 2.05) is 24.3 Å². The van der Waals surface area contributed by atoms with E-state index in [9.17, 15) is 5.11 Å². The molecule has 2 N–H and O–H groups in total. The van der Waals surface area contributed by atoms with Crippen LogP contribution in [0.1, 0.15) is 17.2 Å². The molecule has 0 fully saturated rings. The van der Waals surface area contributed by atoms with Crippen molar-refractivity contribution in [3.63, 3.8) is 0 Å². The number of ether oxygens (including phenoxy) is 1. The maximum Gasteiger partial charge on any atom is 0.233 e. The number of nitrogens with zero attached hydrogens (tertiary/aromatic N) is 2. The Hall–Kier alpha value is -2.14. The summed E-state index contributed by atoms with van der Waals surface area (Å²) in [4.78, 5) is 8.30. The van der Waals surface area contributed by atoms with Crippen LogP contribution in [0, 0.1) is 0 Å². The number of rotatable bonds is 3. The van der Waals surface area contributed by atoms with Crippen molar-refractivity contribution in [1.29, 1.82) is 0 Å². The molecule has 1 aromatic heterocycles. The first-order valence-electron chi connectivity index (χ1n) is 6.16. The lowest BCUT2D eigenvalue weighted by atomic mass is 10.1. The summed E-state index contributed by atoms with van der Waals surface area (Å²) in [5.74, 6) is 1.05. The quantitative estimate of drug-likeness (QED) is 0.873. The number of methoxy groups -OCH3 is 1. The van der Waals surface area contributed by atoms with Crippen LogP contribution in [-0.2, 0) is 6.42 Å². The van der Waals surface area contributed by atoms with Gasteiger partial charge in [-0.05, 0) is 11.1 Å². The number of anilines is 1. The van der Waals surface area contributed by atoms with Gasteiger partial charge in [0, 0.05) is 6.42 Å². The smallest absolute Gasteiger partial charge is 0.233 e. The first-order valence-corrected chi connectivity index (χ1v) is 6.16. The Morgan fingerprint density at radius 1 is 1.32 bits per heavy atom. The molecule has 0 saturated heterocycles. The van der Waals surface area contributed by atoms with Crippen LogP contribution in [0.25, 0.3) is 0 Å². The van der Waals surface area contributed by atoms with E-state index >= 15 is 0 Å². The summed E-state index contributed by atoms with van der Waals surface area (Å²) in [5.41, 5.74) is 2.28. The van der Waals surface area contributed by atoms with E-state index in [4.69, 9.17) is 4.74 Å². The van der Waals surface area contributed by atoms with E-state index in [0.29, 0.717) is 18.1 Å². The van der Waals surface area contributed by atoms with Crippen molar-refractivity contribution in [3.05, 3.63) is 47.8 Å². The van der Waals surface area contributed by atoms with Gasteiger partial charge in [0.15, 0.2) is 0 Å². The van der Waals surface area contributed by atoms with Crippen molar-refractivity contribution < 1.29 is 9.84 Å². The average molecular weight is 257 g/mol. The van der Waals surface area contributed by atoms with Gasteiger partial charge in [0.25, 0.3) is 0 Å². The van der Waals surface area contributed by atoms with E-state index in [1.165, 1.54) is 5.56 Å². The van der Waals surface area contributed by atoms with Gasteiger partial charge in [0.2, 0.25) is 5.88 Å². The van der Waals surface area contributed by atoms with E-state index in [-0.39, 0.29) is 6.04 Å². The van der Waals surface area contributed by atoms with Gasteiger partial charge in [-0.15, -0.1) is 0 Å². The fourth-order valence-corrected chi connectivity index (χ4v) is 2.42. The molecule has 98 valence electrons. The minimum atomic E-state index is -0.453. The first-order chi connectivity index (χ1) is 9.28. The molecule has 2 aromatic rings. The van der Waals surface area contributed by atoms with Crippen LogP contribution in [-0.4, -0.2) is 28.3 Å². The standard InChI is InChI=1S/C14H15N3O2/c1-19-13-8-15-7-12(16-13)17-14-10-5-3-2-4-9(10)6-11(14)18/h2-5,7-8,11,14,18H,6H2,1H3,(H,16,17). The van der Waals surface area contributed by atoms with Crippen LogP contribution < -0.4 is 10.1 Å². The summed E-state index contributed by atoms with van der Waals surface area (Å²) in [5, 5.41) is 13.4. The summed E-state index contributed by atoms with van der Waals surface area (Å²) < 4.78 is 5.04. The molecule has 1 heterocycles. The molecule has 0 aliphatic heterocycles. The van der Waals surface area contributed by atoms with Gasteiger partial charge in [-0.25, -0.2) is 0 Å². The number of hydrogen-bond acceptors (Lipinski definition) is 5. The highest BCUT2D eigenvalue weighted by atomic mass is 16.5. The zero-order valence-corrected chi connectivity index (χ0v) is 10.6. The predicted molar refractivity (Wildman–Crippen MR) is 71.1 cm³/mol. The number of hydrogen-bond donors (Lipinski definition) is 2. The van der Waals surface area contributed by atoms with Gasteiger partial charge >= 0.3 is 0 Å². The average Bonchev–Trinajstić information content (AvgIpc) is 2.76. The van der Waals surface area contributed by atoms with Gasteiger partial charge < -0.3 is 15.2 Å². The fourth-order valence-electron chi connectivity index (χ4n) is 2.42. The molecule has 0 amide bonds. The number of aliphatic hydroxyl groups is 1. The van der Waals surface area contributed by atoms with E-state index in [0.717, 1.165) is 5.56 Å². The molecule has 1 aromatic carbocycles. The van der Waals surface area contributed by atoms with Crippen molar-refractivity contribution in [3.8, 4) is 5.88 Å². The van der Waals surface area contributed by atoms with Crippen molar-refractivity contribution in [2.24, 2.45) is 0 Å². The lowest BCUT2D eigenvalue weighted by Gasteiger charge is -2.18. The van der Waals surface area contributed by atoms with Gasteiger partial charge in [0.05, 0.1) is 31.6 Å². The number of fused-ring (bicyclic) bond motifs is 1. The minimum absolute atomic E-state index is 0.155. The number of aromatic nitrogens is 2. The van der Waals surface area contributed by atoms with Crippen LogP contribution in [0.15, 0.2) is 36.7 Å². The van der Waals surface area contributed by atoms with Gasteiger partial charge in [0.1, 0.15) is 5.82 Å². The zero-order chi connectivity index (χ0) is 13.2. The Morgan fingerprint density at radius 3 is 3.00 bits per heavy atom. The summed E-state index contributed by atoms with van der Waals surface area (Å²) in [6, 6.07) is 7.87. The lowest BCUT2D eigenvalue weighted by Crippen LogP contribution is -2.21. The highest BCUT2D eigenvalue weighted by molar-refractivity contribution is 5.44. The Labute approximate surface area is 111 Å². The fraction of sp³-hybridized carbons (Fsp3) is 0.286. The predicted octanol–water partition coefficient (Wildman–Crippen LogP) is 1.56. The third-order valence-electron chi connectivity index (χ3n) is 3.33. The van der Waals surface area contributed by atoms with Gasteiger partial charge in [-0.2, -0.15) is 4.98 Å². The summed E-state index contributed by atoms with van der Waals surface area (Å²) in [6.07, 6.45) is 3.37. The van der Waals surface area contributed by atoms with Crippen LogP contribution in [0.2, 0.25) is 0 Å². The van der Waals surface area contributed by atoms with Crippen LogP contribution >= 0.6 is 0 Å². The highest BCUT2D eigenvalue weighted by Crippen LogP contribution is 2.33. The van der Waals surface area contributed by atoms with E-state index < -0.39 is 6.10 Å². The molecule has 0 saturated carbocycles. The molecule has 0 radical (unpaired) electrons. The van der Waals surface area contributed by atoms with Crippen LogP contribution in [0.3, 0.4) is 0 Å². The molecule has 19 heavy (non-hydrogen) atoms. The Kier molecular flexibility index (Phi) is 3.05. The monoisotopic (exact) mass is 257 g/mol. The lowest BCUT2D eigenvalue weighted by molar-refractivity contribution is 0.165. The molecule has 1 aliphatic carbocycles. The summed E-state index contributed by atoms with van der Waals surface area (Å²) >= 11 is 0. The third kappa shape index (κ3) is 2.24. The summed E-state index contributed by atoms with van der Waals surface area (Å²) in [7, 11) is 1.55. The minimum Gasteiger partial charge on any atom is -0.480 e. The summed E-state index contributed by atoms with van der Waals surface area (Å²) in [6.45, 7) is 0. The van der Waals surface area contributed by atoms with Crippen molar-refractivity contribution in [2.45, 2.75) is 18.6 Å². The van der Waals surface area contributed by atoms with Gasteiger partial charge in [-0.3, -0.25) is 4.98 Å². The third-order valence-corrected chi connectivity index (χ3v) is 3.33. The molecule has 0 spiro atoms. The maximum absolute atomic E-state index is 10.2. The normalized spacial score (nSPS) is 20.9. The molecule has 0 bridgehead atoms. The van der Waals surface area contributed by atoms with Crippen molar-refractivity contribution >= 4 is 5.82 Å². The Morgan fingerprint density at radius 2 is 2.16 bits per heavy atom. The first kappa shape index (κ1) is 11.9. The maximum atomic E-state index is 10.2. The second kappa shape index (κ2) is 4.85. The molecule has 5 heteroatoms. The topological polar surface area (TPSA) is 67.3 Å². The number of aliphatic hydroxyl groups excluding tert-OH is 1. The van der Waals surface area contributed by atoms with E-state index in [1.54, 1.807) is 19.5 Å². The Balaban J connectivity index is 1.87.